The number of hydrogen-bond donors (Lipinski definition) is 2. The number of benzene rings is 2. The maximum Gasteiger partial charge on any atom is 0.261 e. The number of guanidine groups is 1. The Morgan fingerprint density at radius 3 is 2.42 bits per heavy atom. The van der Waals surface area contributed by atoms with Crippen LogP contribution in [0.2, 0.25) is 0 Å². The summed E-state index contributed by atoms with van der Waals surface area (Å²) in [4.78, 5) is 17.9. The van der Waals surface area contributed by atoms with Crippen LogP contribution in [-0.4, -0.2) is 49.0 Å². The molecule has 1 amide bonds. The first kappa shape index (κ1) is 26.6. The first-order valence-corrected chi connectivity index (χ1v) is 12.0. The van der Waals surface area contributed by atoms with E-state index in [1.807, 2.05) is 42.8 Å². The average Bonchev–Trinajstić information content (AvgIpc) is 3.16. The Labute approximate surface area is 212 Å². The van der Waals surface area contributed by atoms with E-state index >= 15 is 0 Å². The number of aromatic nitrogens is 2. The van der Waals surface area contributed by atoms with Gasteiger partial charge in [0.05, 0.1) is 32.1 Å². The third-order valence-electron chi connectivity index (χ3n) is 5.77. The van der Waals surface area contributed by atoms with Gasteiger partial charge in [-0.1, -0.05) is 6.07 Å². The van der Waals surface area contributed by atoms with Gasteiger partial charge in [0.25, 0.3) is 5.91 Å². The second kappa shape index (κ2) is 12.6. The van der Waals surface area contributed by atoms with Crippen LogP contribution in [0.1, 0.15) is 41.2 Å². The lowest BCUT2D eigenvalue weighted by Crippen LogP contribution is -2.36. The van der Waals surface area contributed by atoms with Crippen molar-refractivity contribution in [1.82, 2.24) is 15.1 Å². The van der Waals surface area contributed by atoms with Crippen LogP contribution in [0, 0.1) is 13.8 Å². The fourth-order valence-electron chi connectivity index (χ4n) is 3.97. The molecule has 0 aliphatic rings. The molecule has 0 fully saturated rings. The molecule has 2 N–H and O–H groups in total. The standard InChI is InChI=1S/C27H35N5O4/c1-7-32-19(4)22(18(3)31-32)16-17-28-27(29-20-12-14-21(15-13-20)36-8-2)30-26(33)23-10-9-11-24(34-5)25(23)35-6/h9-15H,7-8,16-17H2,1-6H3,(H2,28,29,30,33). The van der Waals surface area contributed by atoms with Gasteiger partial charge in [-0.25, -0.2) is 0 Å². The fourth-order valence-corrected chi connectivity index (χ4v) is 3.97. The van der Waals surface area contributed by atoms with Crippen molar-refractivity contribution in [3.63, 3.8) is 0 Å². The molecule has 1 aromatic heterocycles. The van der Waals surface area contributed by atoms with Gasteiger partial charge < -0.3 is 19.5 Å². The second-order valence-electron chi connectivity index (χ2n) is 8.02. The van der Waals surface area contributed by atoms with Crippen LogP contribution in [0.15, 0.2) is 47.5 Å². The van der Waals surface area contributed by atoms with Crippen molar-refractivity contribution in [2.75, 3.05) is 32.7 Å². The second-order valence-corrected chi connectivity index (χ2v) is 8.02. The molecule has 3 rings (SSSR count). The number of para-hydroxylation sites is 1. The highest BCUT2D eigenvalue weighted by Crippen LogP contribution is 2.30. The molecule has 0 atom stereocenters. The van der Waals surface area contributed by atoms with E-state index in [0.29, 0.717) is 42.6 Å². The fraction of sp³-hybridized carbons (Fsp3) is 0.370. The van der Waals surface area contributed by atoms with Gasteiger partial charge in [-0.15, -0.1) is 0 Å². The Kier molecular flexibility index (Phi) is 9.32. The number of nitrogens with zero attached hydrogens (tertiary/aromatic N) is 3. The van der Waals surface area contributed by atoms with Crippen molar-refractivity contribution in [1.29, 1.82) is 0 Å². The van der Waals surface area contributed by atoms with Crippen LogP contribution in [0.5, 0.6) is 17.2 Å². The van der Waals surface area contributed by atoms with E-state index in [1.165, 1.54) is 19.8 Å². The zero-order valence-electron chi connectivity index (χ0n) is 21.8. The number of aliphatic imine (C=N–C) groups is 1. The van der Waals surface area contributed by atoms with Gasteiger partial charge in [0, 0.05) is 24.5 Å². The topological polar surface area (TPSA) is 99.0 Å². The van der Waals surface area contributed by atoms with Crippen LogP contribution >= 0.6 is 0 Å². The number of hydrogen-bond acceptors (Lipinski definition) is 6. The van der Waals surface area contributed by atoms with Crippen molar-refractivity contribution in [3.05, 3.63) is 65.0 Å². The van der Waals surface area contributed by atoms with Crippen molar-refractivity contribution in [2.24, 2.45) is 4.99 Å². The van der Waals surface area contributed by atoms with E-state index in [9.17, 15) is 4.79 Å². The third-order valence-corrected chi connectivity index (χ3v) is 5.77. The first-order valence-electron chi connectivity index (χ1n) is 12.0. The quantitative estimate of drug-likeness (QED) is 0.321. The van der Waals surface area contributed by atoms with E-state index in [2.05, 4.69) is 34.6 Å². The molecule has 192 valence electrons. The molecule has 0 aliphatic heterocycles. The number of carbonyl (C=O) groups excluding carboxylic acids is 1. The summed E-state index contributed by atoms with van der Waals surface area (Å²) in [5, 5.41) is 10.7. The Bertz CT molecular complexity index is 1200. The van der Waals surface area contributed by atoms with Gasteiger partial charge in [-0.3, -0.25) is 19.8 Å². The van der Waals surface area contributed by atoms with Crippen LogP contribution < -0.4 is 24.8 Å². The summed E-state index contributed by atoms with van der Waals surface area (Å²) in [7, 11) is 3.04. The predicted octanol–water partition coefficient (Wildman–Crippen LogP) is 4.38. The highest BCUT2D eigenvalue weighted by Gasteiger charge is 2.18. The van der Waals surface area contributed by atoms with Crippen LogP contribution in [0.3, 0.4) is 0 Å². The highest BCUT2D eigenvalue weighted by molar-refractivity contribution is 6.11. The molecule has 0 unspecified atom stereocenters. The minimum absolute atomic E-state index is 0.326. The highest BCUT2D eigenvalue weighted by atomic mass is 16.5. The van der Waals surface area contributed by atoms with E-state index in [4.69, 9.17) is 14.2 Å². The lowest BCUT2D eigenvalue weighted by Gasteiger charge is -2.15. The molecule has 9 heteroatoms. The predicted molar refractivity (Wildman–Crippen MR) is 142 cm³/mol. The third kappa shape index (κ3) is 6.35. The average molecular weight is 494 g/mol. The molecule has 0 saturated carbocycles. The smallest absolute Gasteiger partial charge is 0.261 e. The Morgan fingerprint density at radius 2 is 1.81 bits per heavy atom. The van der Waals surface area contributed by atoms with Gasteiger partial charge in [-0.05, 0) is 76.1 Å². The number of rotatable bonds is 10. The van der Waals surface area contributed by atoms with Crippen molar-refractivity contribution in [3.8, 4) is 17.2 Å². The molecule has 2 aromatic carbocycles. The van der Waals surface area contributed by atoms with E-state index in [-0.39, 0.29) is 5.91 Å². The number of aryl methyl sites for hydroxylation is 2. The summed E-state index contributed by atoms with van der Waals surface area (Å²) >= 11 is 0. The maximum absolute atomic E-state index is 13.2. The van der Waals surface area contributed by atoms with Crippen molar-refractivity contribution >= 4 is 17.6 Å². The number of methoxy groups -OCH3 is 2. The summed E-state index contributed by atoms with van der Waals surface area (Å²) in [5.74, 6) is 1.56. The van der Waals surface area contributed by atoms with Gasteiger partial charge in [0.15, 0.2) is 11.5 Å². The minimum atomic E-state index is -0.367. The van der Waals surface area contributed by atoms with Crippen molar-refractivity contribution < 1.29 is 19.0 Å². The van der Waals surface area contributed by atoms with Gasteiger partial charge >= 0.3 is 0 Å². The SMILES string of the molecule is CCOc1ccc(NC(=NCCc2c(C)nn(CC)c2C)NC(=O)c2cccc(OC)c2OC)cc1. The molecular weight excluding hydrogens is 458 g/mol. The molecule has 3 aromatic rings. The molecule has 0 bridgehead atoms. The molecule has 0 aliphatic carbocycles. The summed E-state index contributed by atoms with van der Waals surface area (Å²) in [6.07, 6.45) is 0.699. The molecule has 1 heterocycles. The zero-order chi connectivity index (χ0) is 26.1. The molecule has 0 radical (unpaired) electrons. The maximum atomic E-state index is 13.2. The van der Waals surface area contributed by atoms with E-state index < -0.39 is 0 Å². The monoisotopic (exact) mass is 493 g/mol. The summed E-state index contributed by atoms with van der Waals surface area (Å²) in [5.41, 5.74) is 4.41. The van der Waals surface area contributed by atoms with Gasteiger partial charge in [-0.2, -0.15) is 5.10 Å². The van der Waals surface area contributed by atoms with Gasteiger partial charge in [0.2, 0.25) is 5.96 Å². The Hall–Kier alpha value is -4.01. The number of anilines is 1. The number of amides is 1. The molecule has 0 spiro atoms. The number of nitrogens with one attached hydrogen (secondary N) is 2. The van der Waals surface area contributed by atoms with Crippen LogP contribution in [0.25, 0.3) is 0 Å². The minimum Gasteiger partial charge on any atom is -0.494 e. The largest absolute Gasteiger partial charge is 0.494 e. The Morgan fingerprint density at radius 1 is 1.06 bits per heavy atom. The summed E-state index contributed by atoms with van der Waals surface area (Å²) in [6.45, 7) is 9.96. The summed E-state index contributed by atoms with van der Waals surface area (Å²) < 4.78 is 18.3. The van der Waals surface area contributed by atoms with Crippen molar-refractivity contribution in [2.45, 2.75) is 40.7 Å². The lowest BCUT2D eigenvalue weighted by atomic mass is 10.1. The van der Waals surface area contributed by atoms with Gasteiger partial charge in [0.1, 0.15) is 5.75 Å². The zero-order valence-corrected chi connectivity index (χ0v) is 21.8. The van der Waals surface area contributed by atoms with E-state index in [0.717, 1.165) is 29.4 Å². The Balaban J connectivity index is 1.84. The first-order chi connectivity index (χ1) is 17.4. The molecule has 36 heavy (non-hydrogen) atoms. The summed E-state index contributed by atoms with van der Waals surface area (Å²) in [6, 6.07) is 12.6. The van der Waals surface area contributed by atoms with E-state index in [1.54, 1.807) is 18.2 Å². The lowest BCUT2D eigenvalue weighted by molar-refractivity contribution is 0.0973. The molecule has 0 saturated heterocycles. The van der Waals surface area contributed by atoms with Crippen LogP contribution in [-0.2, 0) is 13.0 Å². The molecular formula is C27H35N5O4. The van der Waals surface area contributed by atoms with Crippen LogP contribution in [0.4, 0.5) is 5.69 Å². The molecule has 9 nitrogen and oxygen atoms in total. The number of ether oxygens (including phenoxy) is 3. The normalized spacial score (nSPS) is 11.2. The number of carbonyl (C=O) groups is 1.